The summed E-state index contributed by atoms with van der Waals surface area (Å²) in [4.78, 5) is 18.0. The molecular weight excluding hydrogens is 419 g/mol. The lowest BCUT2D eigenvalue weighted by Gasteiger charge is -2.27. The highest BCUT2D eigenvalue weighted by atomic mass is 19.1. The Morgan fingerprint density at radius 1 is 1.03 bits per heavy atom. The van der Waals surface area contributed by atoms with Crippen LogP contribution in [0.2, 0.25) is 0 Å². The van der Waals surface area contributed by atoms with Crippen LogP contribution in [0, 0.1) is 12.7 Å². The number of hydrogen-bond acceptors (Lipinski definition) is 5. The van der Waals surface area contributed by atoms with Crippen molar-refractivity contribution in [1.29, 1.82) is 0 Å². The Labute approximate surface area is 194 Å². The van der Waals surface area contributed by atoms with Crippen LogP contribution in [0.5, 0.6) is 0 Å². The van der Waals surface area contributed by atoms with Crippen LogP contribution in [0.25, 0.3) is 0 Å². The zero-order valence-electron chi connectivity index (χ0n) is 19.1. The van der Waals surface area contributed by atoms with Crippen LogP contribution in [0.15, 0.2) is 54.6 Å². The number of rotatable bonds is 8. The topological polar surface area (TPSA) is 67.2 Å². The van der Waals surface area contributed by atoms with Crippen molar-refractivity contribution in [3.05, 3.63) is 77.4 Å². The maximum absolute atomic E-state index is 13.8. The molecule has 4 rings (SSSR count). The normalized spacial score (nSPS) is 15.9. The maximum Gasteiger partial charge on any atom is 0.247 e. The predicted molar refractivity (Wildman–Crippen MR) is 124 cm³/mol. The lowest BCUT2D eigenvalue weighted by Crippen LogP contribution is -2.41. The molecule has 0 N–H and O–H groups in total. The van der Waals surface area contributed by atoms with E-state index in [9.17, 15) is 9.18 Å². The molecule has 1 aromatic heterocycles. The third-order valence-electron chi connectivity index (χ3n) is 6.24. The van der Waals surface area contributed by atoms with E-state index in [2.05, 4.69) is 44.7 Å². The van der Waals surface area contributed by atoms with Crippen molar-refractivity contribution in [2.24, 2.45) is 0 Å². The first kappa shape index (κ1) is 23.0. The van der Waals surface area contributed by atoms with Crippen molar-refractivity contribution in [2.45, 2.75) is 38.6 Å². The minimum Gasteiger partial charge on any atom is -0.339 e. The second-order valence-electron chi connectivity index (χ2n) is 8.63. The van der Waals surface area contributed by atoms with Gasteiger partial charge in [0.2, 0.25) is 5.91 Å². The van der Waals surface area contributed by atoms with Gasteiger partial charge in [-0.1, -0.05) is 42.5 Å². The fraction of sp³-hybridized carbons (Fsp3) is 0.440. The summed E-state index contributed by atoms with van der Waals surface area (Å²) in [7, 11) is 0. The molecule has 0 spiro atoms. The van der Waals surface area contributed by atoms with Gasteiger partial charge in [0, 0.05) is 26.1 Å². The van der Waals surface area contributed by atoms with E-state index in [1.54, 1.807) is 17.7 Å². The van der Waals surface area contributed by atoms with Crippen LogP contribution >= 0.6 is 0 Å². The van der Waals surface area contributed by atoms with Crippen LogP contribution in [-0.4, -0.2) is 68.6 Å². The number of halogens is 1. The highest BCUT2D eigenvalue weighted by Crippen LogP contribution is 2.20. The summed E-state index contributed by atoms with van der Waals surface area (Å²) in [6.07, 6.45) is 3.44. The molecule has 8 heteroatoms. The second-order valence-corrected chi connectivity index (χ2v) is 8.63. The van der Waals surface area contributed by atoms with Crippen LogP contribution in [-0.2, 0) is 17.6 Å². The predicted octanol–water partition coefficient (Wildman–Crippen LogP) is 3.07. The van der Waals surface area contributed by atoms with E-state index >= 15 is 0 Å². The Balaban J connectivity index is 1.38. The largest absolute Gasteiger partial charge is 0.339 e. The fourth-order valence-corrected chi connectivity index (χ4v) is 4.47. The van der Waals surface area contributed by atoms with Gasteiger partial charge in [-0.05, 0) is 73.0 Å². The van der Waals surface area contributed by atoms with Gasteiger partial charge in [-0.25, -0.2) is 9.07 Å². The van der Waals surface area contributed by atoms with Gasteiger partial charge in [-0.3, -0.25) is 4.79 Å². The molecule has 0 radical (unpaired) electrons. The van der Waals surface area contributed by atoms with E-state index in [-0.39, 0.29) is 11.7 Å². The Hall–Kier alpha value is -3.13. The summed E-state index contributed by atoms with van der Waals surface area (Å²) in [6, 6.07) is 16.3. The lowest BCUT2D eigenvalue weighted by atomic mass is 10.0. The number of nitrogens with zero attached hydrogens (tertiary/aromatic N) is 6. The van der Waals surface area contributed by atoms with E-state index in [1.165, 1.54) is 17.7 Å². The first-order chi connectivity index (χ1) is 16.1. The SMILES string of the molecule is Cc1nnnn1C(Cc1cccc(F)c1)C(=O)N1CCCN(CCCc2ccccc2)CC1. The third-order valence-corrected chi connectivity index (χ3v) is 6.24. The molecule has 1 atom stereocenters. The van der Waals surface area contributed by atoms with Crippen molar-refractivity contribution < 1.29 is 9.18 Å². The Morgan fingerprint density at radius 3 is 2.61 bits per heavy atom. The Bertz CT molecular complexity index is 1040. The van der Waals surface area contributed by atoms with Crippen LogP contribution in [0.1, 0.15) is 35.8 Å². The van der Waals surface area contributed by atoms with E-state index in [1.807, 2.05) is 17.0 Å². The average Bonchev–Trinajstić information content (AvgIpc) is 3.10. The highest BCUT2D eigenvalue weighted by Gasteiger charge is 2.30. The molecule has 0 bridgehead atoms. The van der Waals surface area contributed by atoms with E-state index in [0.29, 0.717) is 25.3 Å². The van der Waals surface area contributed by atoms with Crippen LogP contribution in [0.4, 0.5) is 4.39 Å². The molecule has 174 valence electrons. The standard InChI is InChI=1S/C25H31FN6O/c1-20-27-28-29-32(20)24(19-22-10-5-12-23(26)18-22)25(33)31-15-7-14-30(16-17-31)13-6-11-21-8-3-2-4-9-21/h2-5,8-10,12,18,24H,6-7,11,13-17,19H2,1H3. The number of benzene rings is 2. The van der Waals surface area contributed by atoms with Crippen molar-refractivity contribution in [2.75, 3.05) is 32.7 Å². The molecule has 7 nitrogen and oxygen atoms in total. The van der Waals surface area contributed by atoms with Gasteiger partial charge in [-0.2, -0.15) is 0 Å². The molecule has 1 unspecified atom stereocenters. The number of amides is 1. The molecule has 1 amide bonds. The number of aromatic nitrogens is 4. The number of aryl methyl sites for hydroxylation is 2. The van der Waals surface area contributed by atoms with Crippen LogP contribution in [0.3, 0.4) is 0 Å². The van der Waals surface area contributed by atoms with Gasteiger partial charge in [-0.15, -0.1) is 5.10 Å². The van der Waals surface area contributed by atoms with Gasteiger partial charge in [0.1, 0.15) is 17.7 Å². The molecule has 33 heavy (non-hydrogen) atoms. The monoisotopic (exact) mass is 450 g/mol. The van der Waals surface area contributed by atoms with Gasteiger partial charge < -0.3 is 9.80 Å². The van der Waals surface area contributed by atoms with Crippen molar-refractivity contribution in [3.63, 3.8) is 0 Å². The third kappa shape index (κ3) is 6.22. The zero-order valence-corrected chi connectivity index (χ0v) is 19.1. The summed E-state index contributed by atoms with van der Waals surface area (Å²) in [6.45, 7) is 6.01. The summed E-state index contributed by atoms with van der Waals surface area (Å²) >= 11 is 0. The zero-order chi connectivity index (χ0) is 23.0. The maximum atomic E-state index is 13.8. The van der Waals surface area contributed by atoms with Crippen molar-refractivity contribution in [1.82, 2.24) is 30.0 Å². The molecule has 2 aromatic carbocycles. The first-order valence-corrected chi connectivity index (χ1v) is 11.6. The molecule has 1 aliphatic rings. The van der Waals surface area contributed by atoms with Crippen LogP contribution < -0.4 is 0 Å². The van der Waals surface area contributed by atoms with Gasteiger partial charge in [0.25, 0.3) is 0 Å². The van der Waals surface area contributed by atoms with Gasteiger partial charge >= 0.3 is 0 Å². The summed E-state index contributed by atoms with van der Waals surface area (Å²) in [5, 5.41) is 11.8. The quantitative estimate of drug-likeness (QED) is 0.528. The molecule has 2 heterocycles. The Morgan fingerprint density at radius 2 is 1.85 bits per heavy atom. The summed E-state index contributed by atoms with van der Waals surface area (Å²) in [5.74, 6) is 0.246. The molecule has 1 saturated heterocycles. The molecule has 0 aliphatic carbocycles. The number of tetrazole rings is 1. The summed E-state index contributed by atoms with van der Waals surface area (Å²) in [5.41, 5.74) is 2.11. The van der Waals surface area contributed by atoms with Gasteiger partial charge in [0.15, 0.2) is 0 Å². The Kier molecular flexibility index (Phi) is 7.78. The number of hydrogen-bond donors (Lipinski definition) is 0. The minimum absolute atomic E-state index is 0.0132. The molecule has 1 fully saturated rings. The molecule has 0 saturated carbocycles. The van der Waals surface area contributed by atoms with E-state index < -0.39 is 6.04 Å². The lowest BCUT2D eigenvalue weighted by molar-refractivity contribution is -0.135. The number of carbonyl (C=O) groups excluding carboxylic acids is 1. The van der Waals surface area contributed by atoms with Crippen molar-refractivity contribution >= 4 is 5.91 Å². The van der Waals surface area contributed by atoms with E-state index in [0.717, 1.165) is 44.5 Å². The minimum atomic E-state index is -0.591. The summed E-state index contributed by atoms with van der Waals surface area (Å²) < 4.78 is 15.3. The van der Waals surface area contributed by atoms with Crippen molar-refractivity contribution in [3.8, 4) is 0 Å². The molecule has 3 aromatic rings. The number of carbonyl (C=O) groups is 1. The molecular formula is C25H31FN6O. The average molecular weight is 451 g/mol. The smallest absolute Gasteiger partial charge is 0.247 e. The molecule has 1 aliphatic heterocycles. The van der Waals surface area contributed by atoms with E-state index in [4.69, 9.17) is 0 Å². The van der Waals surface area contributed by atoms with Gasteiger partial charge in [0.05, 0.1) is 0 Å². The highest BCUT2D eigenvalue weighted by molar-refractivity contribution is 5.80. The second kappa shape index (κ2) is 11.1. The first-order valence-electron chi connectivity index (χ1n) is 11.6. The fourth-order valence-electron chi connectivity index (χ4n) is 4.47.